The van der Waals surface area contributed by atoms with E-state index in [0.717, 1.165) is 24.3 Å². The van der Waals surface area contributed by atoms with Crippen molar-refractivity contribution < 1.29 is 26.3 Å². The normalized spacial score (nSPS) is 12.2. The van der Waals surface area contributed by atoms with E-state index in [1.807, 2.05) is 0 Å². The van der Waals surface area contributed by atoms with Crippen LogP contribution >= 0.6 is 0 Å². The number of hydrogen-bond acceptors (Lipinski definition) is 2. The van der Waals surface area contributed by atoms with Crippen molar-refractivity contribution in [1.82, 2.24) is 9.97 Å². The molecule has 8 heteroatoms. The van der Waals surface area contributed by atoms with Gasteiger partial charge in [0.2, 0.25) is 0 Å². The average Bonchev–Trinajstić information content (AvgIpc) is 2.61. The molecule has 0 aliphatic heterocycles. The summed E-state index contributed by atoms with van der Waals surface area (Å²) in [6, 6.07) is 9.03. The van der Waals surface area contributed by atoms with Crippen LogP contribution in [0, 0.1) is 0 Å². The maximum absolute atomic E-state index is 12.8. The fourth-order valence-electron chi connectivity index (χ4n) is 2.31. The summed E-state index contributed by atoms with van der Waals surface area (Å²) in [4.78, 5) is 8.04. The van der Waals surface area contributed by atoms with Gasteiger partial charge in [-0.3, -0.25) is 0 Å². The predicted molar refractivity (Wildman–Crippen MR) is 82.9 cm³/mol. The molecule has 2 nitrogen and oxygen atoms in total. The molecule has 0 N–H and O–H groups in total. The maximum Gasteiger partial charge on any atom is 0.416 e. The maximum atomic E-state index is 12.8. The van der Waals surface area contributed by atoms with Gasteiger partial charge in [-0.2, -0.15) is 26.3 Å². The standard InChI is InChI=1S/C18H10F6N2/c19-17(20,21)14-6-4-11(5-7-14)13-9-25-16(26-10-13)12-2-1-3-15(8-12)18(22,23)24/h1-10H. The molecule has 0 saturated heterocycles. The van der Waals surface area contributed by atoms with E-state index in [1.165, 1.54) is 36.7 Å². The summed E-state index contributed by atoms with van der Waals surface area (Å²) in [5, 5.41) is 0. The molecule has 0 unspecified atom stereocenters. The van der Waals surface area contributed by atoms with E-state index >= 15 is 0 Å². The molecule has 3 rings (SSSR count). The van der Waals surface area contributed by atoms with Crippen molar-refractivity contribution in [2.45, 2.75) is 12.4 Å². The quantitative estimate of drug-likeness (QED) is 0.531. The summed E-state index contributed by atoms with van der Waals surface area (Å²) in [5.41, 5.74) is -0.477. The van der Waals surface area contributed by atoms with Crippen molar-refractivity contribution in [2.24, 2.45) is 0 Å². The van der Waals surface area contributed by atoms with Gasteiger partial charge >= 0.3 is 12.4 Å². The lowest BCUT2D eigenvalue weighted by Gasteiger charge is -2.09. The molecule has 0 spiro atoms. The van der Waals surface area contributed by atoms with E-state index in [-0.39, 0.29) is 11.4 Å². The van der Waals surface area contributed by atoms with Crippen LogP contribution in [-0.4, -0.2) is 9.97 Å². The second-order valence-electron chi connectivity index (χ2n) is 5.45. The Morgan fingerprint density at radius 2 is 1.15 bits per heavy atom. The second-order valence-corrected chi connectivity index (χ2v) is 5.45. The molecular weight excluding hydrogens is 358 g/mol. The monoisotopic (exact) mass is 368 g/mol. The molecule has 1 heterocycles. The first-order valence-corrected chi connectivity index (χ1v) is 7.32. The van der Waals surface area contributed by atoms with E-state index in [9.17, 15) is 26.3 Å². The third-order valence-electron chi connectivity index (χ3n) is 3.65. The van der Waals surface area contributed by atoms with E-state index in [1.54, 1.807) is 0 Å². The first-order valence-electron chi connectivity index (χ1n) is 7.32. The summed E-state index contributed by atoms with van der Waals surface area (Å²) < 4.78 is 76.0. The minimum atomic E-state index is -4.48. The Kier molecular flexibility index (Phi) is 4.43. The van der Waals surface area contributed by atoms with Crippen LogP contribution in [0.3, 0.4) is 0 Å². The zero-order chi connectivity index (χ0) is 18.9. The van der Waals surface area contributed by atoms with Gasteiger partial charge in [0.25, 0.3) is 0 Å². The number of hydrogen-bond donors (Lipinski definition) is 0. The molecule has 0 fully saturated rings. The highest BCUT2D eigenvalue weighted by Gasteiger charge is 2.31. The van der Waals surface area contributed by atoms with Crippen LogP contribution in [0.5, 0.6) is 0 Å². The van der Waals surface area contributed by atoms with Crippen molar-refractivity contribution in [3.05, 3.63) is 72.1 Å². The van der Waals surface area contributed by atoms with Crippen LogP contribution in [0.2, 0.25) is 0 Å². The van der Waals surface area contributed by atoms with E-state index in [4.69, 9.17) is 0 Å². The highest BCUT2D eigenvalue weighted by atomic mass is 19.4. The molecule has 0 bridgehead atoms. The highest BCUT2D eigenvalue weighted by Crippen LogP contribution is 2.32. The Morgan fingerprint density at radius 1 is 0.577 bits per heavy atom. The largest absolute Gasteiger partial charge is 0.416 e. The summed E-state index contributed by atoms with van der Waals surface area (Å²) in [7, 11) is 0. The molecular formula is C18H10F6N2. The molecule has 0 amide bonds. The summed E-state index contributed by atoms with van der Waals surface area (Å²) in [6.45, 7) is 0. The second kappa shape index (κ2) is 6.44. The van der Waals surface area contributed by atoms with Crippen molar-refractivity contribution in [2.75, 3.05) is 0 Å². The number of nitrogens with zero attached hydrogens (tertiary/aromatic N) is 2. The lowest BCUT2D eigenvalue weighted by Crippen LogP contribution is -2.05. The van der Waals surface area contributed by atoms with Crippen molar-refractivity contribution >= 4 is 0 Å². The van der Waals surface area contributed by atoms with Gasteiger partial charge < -0.3 is 0 Å². The Balaban J connectivity index is 1.87. The SMILES string of the molecule is FC(F)(F)c1ccc(-c2cnc(-c3cccc(C(F)(F)F)c3)nc2)cc1. The van der Waals surface area contributed by atoms with Gasteiger partial charge in [0.05, 0.1) is 11.1 Å². The number of alkyl halides is 6. The van der Waals surface area contributed by atoms with Gasteiger partial charge in [0.15, 0.2) is 5.82 Å². The smallest absolute Gasteiger partial charge is 0.236 e. The molecule has 3 aromatic rings. The van der Waals surface area contributed by atoms with Crippen LogP contribution in [0.1, 0.15) is 11.1 Å². The van der Waals surface area contributed by atoms with Crippen LogP contribution in [0.25, 0.3) is 22.5 Å². The van der Waals surface area contributed by atoms with Crippen molar-refractivity contribution in [3.63, 3.8) is 0 Å². The van der Waals surface area contributed by atoms with Crippen LogP contribution in [-0.2, 0) is 12.4 Å². The molecule has 0 aliphatic rings. The Hall–Kier alpha value is -2.90. The Labute approximate surface area is 144 Å². The average molecular weight is 368 g/mol. The minimum absolute atomic E-state index is 0.0896. The first-order chi connectivity index (χ1) is 12.1. The highest BCUT2D eigenvalue weighted by molar-refractivity contribution is 5.64. The van der Waals surface area contributed by atoms with Crippen LogP contribution in [0.15, 0.2) is 60.9 Å². The molecule has 0 saturated carbocycles. The van der Waals surface area contributed by atoms with Gasteiger partial charge in [0, 0.05) is 23.5 Å². The third kappa shape index (κ3) is 3.84. The molecule has 0 atom stereocenters. The predicted octanol–water partition coefficient (Wildman–Crippen LogP) is 5.85. The van der Waals surface area contributed by atoms with E-state index < -0.39 is 23.5 Å². The van der Waals surface area contributed by atoms with Crippen LogP contribution in [0.4, 0.5) is 26.3 Å². The number of halogens is 6. The van der Waals surface area contributed by atoms with E-state index in [0.29, 0.717) is 11.1 Å². The molecule has 1 aromatic heterocycles. The fourth-order valence-corrected chi connectivity index (χ4v) is 2.31. The topological polar surface area (TPSA) is 25.8 Å². The lowest BCUT2D eigenvalue weighted by molar-refractivity contribution is -0.138. The molecule has 26 heavy (non-hydrogen) atoms. The van der Waals surface area contributed by atoms with Crippen molar-refractivity contribution in [3.8, 4) is 22.5 Å². The molecule has 0 aliphatic carbocycles. The van der Waals surface area contributed by atoms with Gasteiger partial charge in [-0.05, 0) is 29.8 Å². The minimum Gasteiger partial charge on any atom is -0.236 e. The Morgan fingerprint density at radius 3 is 1.69 bits per heavy atom. The van der Waals surface area contributed by atoms with Gasteiger partial charge in [-0.1, -0.05) is 24.3 Å². The van der Waals surface area contributed by atoms with Gasteiger partial charge in [0.1, 0.15) is 0 Å². The number of aromatic nitrogens is 2. The number of benzene rings is 2. The fraction of sp³-hybridized carbons (Fsp3) is 0.111. The van der Waals surface area contributed by atoms with Gasteiger partial charge in [-0.25, -0.2) is 9.97 Å². The van der Waals surface area contributed by atoms with Crippen LogP contribution < -0.4 is 0 Å². The lowest BCUT2D eigenvalue weighted by atomic mass is 10.1. The zero-order valence-electron chi connectivity index (χ0n) is 12.9. The molecule has 0 radical (unpaired) electrons. The summed E-state index contributed by atoms with van der Waals surface area (Å²) in [5.74, 6) is 0.0896. The molecule has 134 valence electrons. The van der Waals surface area contributed by atoms with E-state index in [2.05, 4.69) is 9.97 Å². The van der Waals surface area contributed by atoms with Gasteiger partial charge in [-0.15, -0.1) is 0 Å². The summed E-state index contributed by atoms with van der Waals surface area (Å²) in [6.07, 6.45) is -6.20. The van der Waals surface area contributed by atoms with Crippen molar-refractivity contribution in [1.29, 1.82) is 0 Å². The molecule has 2 aromatic carbocycles. The zero-order valence-corrected chi connectivity index (χ0v) is 12.9. The summed E-state index contributed by atoms with van der Waals surface area (Å²) >= 11 is 0. The Bertz CT molecular complexity index is 897. The third-order valence-corrected chi connectivity index (χ3v) is 3.65. The first kappa shape index (κ1) is 17.9. The number of rotatable bonds is 2.